The summed E-state index contributed by atoms with van der Waals surface area (Å²) in [4.78, 5) is 14.9. The van der Waals surface area contributed by atoms with Crippen LogP contribution in [0, 0.1) is 0 Å². The fourth-order valence-corrected chi connectivity index (χ4v) is 6.33. The number of nitrogens with zero attached hydrogens (tertiary/aromatic N) is 3. The van der Waals surface area contributed by atoms with Crippen LogP contribution in [0.3, 0.4) is 0 Å². The molecule has 7 nitrogen and oxygen atoms in total. The van der Waals surface area contributed by atoms with E-state index in [4.69, 9.17) is 7.49 Å². The number of aromatic nitrogens is 1. The fraction of sp³-hybridized carbons (Fsp3) is 0.379. The Morgan fingerprint density at radius 1 is 1.03 bits per heavy atom. The van der Waals surface area contributed by atoms with Gasteiger partial charge in [-0.05, 0) is 0 Å². The Balaban J connectivity index is 1.75. The number of benzene rings is 2. The minimum absolute atomic E-state index is 0.0327. The molecular weight excluding hydrogens is 495 g/mol. The van der Waals surface area contributed by atoms with Gasteiger partial charge < -0.3 is 0 Å². The molecule has 3 aromatic rings. The zero-order chi connectivity index (χ0) is 27.2. The van der Waals surface area contributed by atoms with Crippen LogP contribution in [0.15, 0.2) is 48.0 Å². The average molecular weight is 529 g/mol. The van der Waals surface area contributed by atoms with E-state index in [1.807, 2.05) is 30.3 Å². The van der Waals surface area contributed by atoms with Crippen LogP contribution in [0.25, 0.3) is 28.2 Å². The third kappa shape index (κ3) is 4.73. The topological polar surface area (TPSA) is 74.6 Å². The number of rotatable bonds is 6. The third-order valence-electron chi connectivity index (χ3n) is 7.70. The van der Waals surface area contributed by atoms with E-state index in [1.165, 1.54) is 38.9 Å². The van der Waals surface area contributed by atoms with Gasteiger partial charge >= 0.3 is 227 Å². The van der Waals surface area contributed by atoms with Crippen molar-refractivity contribution in [2.24, 2.45) is 0 Å². The van der Waals surface area contributed by atoms with Gasteiger partial charge in [0.05, 0.1) is 0 Å². The van der Waals surface area contributed by atoms with Crippen LogP contribution in [-0.4, -0.2) is 69.4 Å². The number of nitrogens with one attached hydrogen (secondary N) is 1. The first-order chi connectivity index (χ1) is 18.1. The van der Waals surface area contributed by atoms with Crippen molar-refractivity contribution in [1.29, 1.82) is 0 Å². The fourth-order valence-electron chi connectivity index (χ4n) is 5.75. The number of hydrogen-bond donors (Lipinski definition) is 1. The zero-order valence-electron chi connectivity index (χ0n) is 22.5. The van der Waals surface area contributed by atoms with Crippen LogP contribution in [0.5, 0.6) is 0 Å². The van der Waals surface area contributed by atoms with Crippen LogP contribution in [0.1, 0.15) is 54.7 Å². The quantitative estimate of drug-likeness (QED) is 0.493. The molecule has 1 aromatic heterocycles. The van der Waals surface area contributed by atoms with Gasteiger partial charge in [0, 0.05) is 0 Å². The van der Waals surface area contributed by atoms with Crippen molar-refractivity contribution < 1.29 is 13.2 Å². The molecule has 1 N–H and O–H groups in total. The summed E-state index contributed by atoms with van der Waals surface area (Å²) < 4.78 is 30.7. The second-order valence-electron chi connectivity index (χ2n) is 10.7. The van der Waals surface area contributed by atoms with E-state index >= 15 is 0 Å². The molecule has 1 aliphatic heterocycles. The van der Waals surface area contributed by atoms with Crippen molar-refractivity contribution in [3.8, 4) is 11.3 Å². The molecule has 1 saturated carbocycles. The first kappa shape index (κ1) is 26.4. The number of carbonyl (C=O) groups is 1. The SMILES string of the molecule is [B]=C(NS(=O)(=O)N(C)C)c1ccc2c(C3CCCCC3)c3n(c2c1)CC(C(=O)N(C)C)=Cc1ccccc1-3. The first-order valence-corrected chi connectivity index (χ1v) is 14.5. The predicted molar refractivity (Wildman–Crippen MR) is 155 cm³/mol. The molecule has 38 heavy (non-hydrogen) atoms. The Morgan fingerprint density at radius 2 is 1.74 bits per heavy atom. The van der Waals surface area contributed by atoms with Gasteiger partial charge in [-0.15, -0.1) is 0 Å². The van der Waals surface area contributed by atoms with Gasteiger partial charge in [0.25, 0.3) is 0 Å². The second kappa shape index (κ2) is 10.2. The number of likely N-dealkylation sites (N-methyl/N-ethyl adjacent to an activating group) is 1. The normalized spacial score (nSPS) is 15.9. The minimum atomic E-state index is -3.75. The third-order valence-corrected chi connectivity index (χ3v) is 9.14. The van der Waals surface area contributed by atoms with Crippen molar-refractivity contribution in [3.63, 3.8) is 0 Å². The molecule has 1 aliphatic carbocycles. The molecule has 197 valence electrons. The summed E-state index contributed by atoms with van der Waals surface area (Å²) in [5.74, 6) is 0.385. The van der Waals surface area contributed by atoms with Gasteiger partial charge in [-0.2, -0.15) is 0 Å². The van der Waals surface area contributed by atoms with Crippen LogP contribution in [0.2, 0.25) is 0 Å². The molecule has 1 radical (unpaired) electrons. The van der Waals surface area contributed by atoms with Gasteiger partial charge in [-0.1, -0.05) is 0 Å². The summed E-state index contributed by atoms with van der Waals surface area (Å²) in [7, 11) is 8.98. The van der Waals surface area contributed by atoms with Crippen LogP contribution >= 0.6 is 0 Å². The molecule has 2 aliphatic rings. The molecule has 0 bridgehead atoms. The maximum absolute atomic E-state index is 13.2. The van der Waals surface area contributed by atoms with Crippen LogP contribution in [0.4, 0.5) is 0 Å². The molecule has 1 fully saturated rings. The van der Waals surface area contributed by atoms with Crippen molar-refractivity contribution in [1.82, 2.24) is 18.5 Å². The van der Waals surface area contributed by atoms with E-state index in [0.29, 0.717) is 23.6 Å². The van der Waals surface area contributed by atoms with Crippen molar-refractivity contribution >= 4 is 46.2 Å². The van der Waals surface area contributed by atoms with Gasteiger partial charge in [-0.3, -0.25) is 0 Å². The number of hydrogen-bond acceptors (Lipinski definition) is 3. The summed E-state index contributed by atoms with van der Waals surface area (Å²) in [6, 6.07) is 14.2. The number of carbonyl (C=O) groups excluding carboxylic acids is 1. The molecule has 2 aromatic carbocycles. The maximum atomic E-state index is 13.2. The summed E-state index contributed by atoms with van der Waals surface area (Å²) >= 11 is 0. The molecule has 0 unspecified atom stereocenters. The summed E-state index contributed by atoms with van der Waals surface area (Å²) in [6.45, 7) is 0.414. The van der Waals surface area contributed by atoms with Gasteiger partial charge in [-0.25, -0.2) is 0 Å². The Morgan fingerprint density at radius 3 is 2.42 bits per heavy atom. The predicted octanol–water partition coefficient (Wildman–Crippen LogP) is 3.88. The van der Waals surface area contributed by atoms with E-state index in [2.05, 4.69) is 27.5 Å². The van der Waals surface area contributed by atoms with E-state index in [9.17, 15) is 13.2 Å². The summed E-state index contributed by atoms with van der Waals surface area (Å²) in [5.41, 5.74) is 6.88. The summed E-state index contributed by atoms with van der Waals surface area (Å²) in [5, 5.41) is 1.13. The number of amides is 1. The molecule has 2 heterocycles. The van der Waals surface area contributed by atoms with Gasteiger partial charge in [0.15, 0.2) is 0 Å². The molecule has 0 saturated heterocycles. The van der Waals surface area contributed by atoms with Gasteiger partial charge in [0.2, 0.25) is 0 Å². The first-order valence-electron chi connectivity index (χ1n) is 13.1. The number of fused-ring (bicyclic) bond motifs is 5. The van der Waals surface area contributed by atoms with E-state index in [1.54, 1.807) is 19.0 Å². The standard InChI is InChI=1S/C29H34BN4O3S/c1-32(2)29(35)22-16-20-12-8-9-13-23(20)27-26(19-10-6-5-7-11-19)24-15-14-21(17-25(24)34(27)18-22)28(30)31-38(36,37)33(3)4/h8-9,12-17,19,31H,5-7,10-11,18H2,1-4H3. The molecule has 9 heteroatoms. The molecule has 0 atom stereocenters. The molecule has 1 amide bonds. The monoisotopic (exact) mass is 529 g/mol. The van der Waals surface area contributed by atoms with Crippen LogP contribution < -0.4 is 4.72 Å². The molecule has 5 rings (SSSR count). The van der Waals surface area contributed by atoms with E-state index in [-0.39, 0.29) is 11.5 Å². The Kier molecular flexibility index (Phi) is 7.09. The van der Waals surface area contributed by atoms with Crippen LogP contribution in [-0.2, 0) is 21.5 Å². The Labute approximate surface area is 226 Å². The molecular formula is C29H34BN4O3S. The van der Waals surface area contributed by atoms with E-state index in [0.717, 1.165) is 44.9 Å². The molecule has 0 spiro atoms. The second-order valence-corrected chi connectivity index (χ2v) is 12.6. The summed E-state index contributed by atoms with van der Waals surface area (Å²) in [6.07, 6.45) is 7.93. The zero-order valence-corrected chi connectivity index (χ0v) is 23.3. The van der Waals surface area contributed by atoms with Crippen molar-refractivity contribution in [3.05, 3.63) is 64.7 Å². The van der Waals surface area contributed by atoms with Gasteiger partial charge in [0.1, 0.15) is 0 Å². The average Bonchev–Trinajstić information content (AvgIpc) is 3.10. The Hall–Kier alpha value is -3.17. The van der Waals surface area contributed by atoms with Crippen molar-refractivity contribution in [2.75, 3.05) is 28.2 Å². The van der Waals surface area contributed by atoms with E-state index < -0.39 is 10.2 Å². The van der Waals surface area contributed by atoms with Crippen molar-refractivity contribution in [2.45, 2.75) is 44.6 Å². The Bertz CT molecular complexity index is 1560.